The summed E-state index contributed by atoms with van der Waals surface area (Å²) in [4.78, 5) is 16.7. The second-order valence-electron chi connectivity index (χ2n) is 4.22. The summed E-state index contributed by atoms with van der Waals surface area (Å²) < 4.78 is 2.18. The minimum absolute atomic E-state index is 0.0233. The number of hydrogen-bond acceptors (Lipinski definition) is 2. The maximum absolute atomic E-state index is 12.1. The lowest BCUT2D eigenvalue weighted by Crippen LogP contribution is -2.18. The Kier molecular flexibility index (Phi) is 3.62. The van der Waals surface area contributed by atoms with E-state index in [0.717, 1.165) is 36.2 Å². The van der Waals surface area contributed by atoms with Crippen molar-refractivity contribution in [3.05, 3.63) is 44.4 Å². The molecule has 0 spiro atoms. The van der Waals surface area contributed by atoms with Crippen LogP contribution in [0.15, 0.2) is 27.6 Å². The number of aromatic nitrogens is 2. The van der Waals surface area contributed by atoms with Gasteiger partial charge in [-0.25, -0.2) is 4.98 Å². The van der Waals surface area contributed by atoms with E-state index in [1.807, 2.05) is 25.3 Å². The molecule has 0 aliphatic heterocycles. The van der Waals surface area contributed by atoms with E-state index in [2.05, 4.69) is 27.8 Å². The van der Waals surface area contributed by atoms with E-state index in [1.54, 1.807) is 4.40 Å². The first-order chi connectivity index (χ1) is 8.13. The van der Waals surface area contributed by atoms with Gasteiger partial charge in [-0.05, 0) is 47.3 Å². The number of hydrogen-bond donors (Lipinski definition) is 0. The molecule has 0 radical (unpaired) electrons. The zero-order valence-corrected chi connectivity index (χ0v) is 11.6. The molecule has 2 aromatic heterocycles. The summed E-state index contributed by atoms with van der Waals surface area (Å²) in [5, 5.41) is 0. The summed E-state index contributed by atoms with van der Waals surface area (Å²) in [5.74, 6) is 0. The van der Waals surface area contributed by atoms with E-state index in [4.69, 9.17) is 0 Å². The predicted molar refractivity (Wildman–Crippen MR) is 72.5 cm³/mol. The third kappa shape index (κ3) is 2.41. The summed E-state index contributed by atoms with van der Waals surface area (Å²) in [6, 6.07) is 3.86. The minimum atomic E-state index is -0.0233. The molecule has 0 bridgehead atoms. The molecule has 90 valence electrons. The highest BCUT2D eigenvalue weighted by molar-refractivity contribution is 9.10. The van der Waals surface area contributed by atoms with Gasteiger partial charge in [0.25, 0.3) is 5.56 Å². The van der Waals surface area contributed by atoms with Crippen molar-refractivity contribution in [1.29, 1.82) is 0 Å². The van der Waals surface area contributed by atoms with Gasteiger partial charge in [0, 0.05) is 6.20 Å². The second kappa shape index (κ2) is 5.00. The molecule has 0 aliphatic carbocycles. The highest BCUT2D eigenvalue weighted by Crippen LogP contribution is 2.14. The van der Waals surface area contributed by atoms with Crippen LogP contribution in [0, 0.1) is 6.92 Å². The van der Waals surface area contributed by atoms with Crippen LogP contribution in [0.5, 0.6) is 0 Å². The van der Waals surface area contributed by atoms with Crippen LogP contribution in [0.4, 0.5) is 0 Å². The van der Waals surface area contributed by atoms with Crippen molar-refractivity contribution >= 4 is 21.6 Å². The lowest BCUT2D eigenvalue weighted by molar-refractivity contribution is 0.768. The van der Waals surface area contributed by atoms with Gasteiger partial charge in [-0.15, -0.1) is 0 Å². The lowest BCUT2D eigenvalue weighted by Gasteiger charge is -2.07. The van der Waals surface area contributed by atoms with Gasteiger partial charge in [0.15, 0.2) is 0 Å². The fourth-order valence-electron chi connectivity index (χ4n) is 1.78. The first-order valence-electron chi connectivity index (χ1n) is 5.81. The Bertz CT molecular complexity index is 604. The lowest BCUT2D eigenvalue weighted by atomic mass is 10.2. The Hall–Kier alpha value is -1.16. The average Bonchev–Trinajstić information content (AvgIpc) is 2.33. The number of pyridine rings is 1. The van der Waals surface area contributed by atoms with Crippen LogP contribution in [0.1, 0.15) is 31.0 Å². The van der Waals surface area contributed by atoms with Crippen LogP contribution in [0.2, 0.25) is 0 Å². The molecule has 4 heteroatoms. The van der Waals surface area contributed by atoms with Gasteiger partial charge in [-0.2, -0.15) is 0 Å². The molecule has 2 rings (SSSR count). The molecule has 3 nitrogen and oxygen atoms in total. The third-order valence-electron chi connectivity index (χ3n) is 2.75. The molecule has 0 saturated heterocycles. The highest BCUT2D eigenvalue weighted by atomic mass is 79.9. The Morgan fingerprint density at radius 1 is 1.41 bits per heavy atom. The van der Waals surface area contributed by atoms with Gasteiger partial charge in [0.2, 0.25) is 0 Å². The standard InChI is InChI=1S/C13H15BrN2O/c1-3-4-5-10-12(14)13(17)16-8-9(2)6-7-11(16)15-10/h6-8H,3-5H2,1-2H3. The van der Waals surface area contributed by atoms with Crippen LogP contribution in [0.25, 0.3) is 5.65 Å². The summed E-state index contributed by atoms with van der Waals surface area (Å²) in [5.41, 5.74) is 2.61. The second-order valence-corrected chi connectivity index (χ2v) is 5.01. The Balaban J connectivity index is 2.62. The van der Waals surface area contributed by atoms with Crippen molar-refractivity contribution in [2.24, 2.45) is 0 Å². The zero-order chi connectivity index (χ0) is 12.4. The predicted octanol–water partition coefficient (Wildman–Crippen LogP) is 3.11. The molecular formula is C13H15BrN2O. The van der Waals surface area contributed by atoms with Gasteiger partial charge in [0.05, 0.1) is 5.69 Å². The molecule has 0 N–H and O–H groups in total. The van der Waals surface area contributed by atoms with Crippen molar-refractivity contribution in [3.8, 4) is 0 Å². The van der Waals surface area contributed by atoms with Crippen molar-refractivity contribution in [2.45, 2.75) is 33.1 Å². The molecule has 0 aliphatic rings. The molecule has 17 heavy (non-hydrogen) atoms. The molecule has 0 saturated carbocycles. The molecule has 2 heterocycles. The molecule has 0 atom stereocenters. The molecule has 0 amide bonds. The third-order valence-corrected chi connectivity index (χ3v) is 3.55. The molecule has 0 unspecified atom stereocenters. The van der Waals surface area contributed by atoms with Crippen molar-refractivity contribution in [2.75, 3.05) is 0 Å². The number of halogens is 1. The number of nitrogens with zero attached hydrogens (tertiary/aromatic N) is 2. The van der Waals surface area contributed by atoms with Gasteiger partial charge in [0.1, 0.15) is 10.1 Å². The van der Waals surface area contributed by atoms with E-state index in [9.17, 15) is 4.79 Å². The monoisotopic (exact) mass is 294 g/mol. The number of rotatable bonds is 3. The maximum atomic E-state index is 12.1. The smallest absolute Gasteiger partial charge is 0.268 e. The van der Waals surface area contributed by atoms with Crippen molar-refractivity contribution in [1.82, 2.24) is 9.38 Å². The molecular weight excluding hydrogens is 280 g/mol. The summed E-state index contributed by atoms with van der Waals surface area (Å²) >= 11 is 3.36. The topological polar surface area (TPSA) is 34.4 Å². The van der Waals surface area contributed by atoms with E-state index >= 15 is 0 Å². The van der Waals surface area contributed by atoms with E-state index in [0.29, 0.717) is 4.47 Å². The normalized spacial score (nSPS) is 11.0. The summed E-state index contributed by atoms with van der Waals surface area (Å²) in [6.45, 7) is 4.09. The Morgan fingerprint density at radius 3 is 2.88 bits per heavy atom. The number of fused-ring (bicyclic) bond motifs is 1. The van der Waals surface area contributed by atoms with Gasteiger partial charge in [-0.3, -0.25) is 9.20 Å². The first kappa shape index (κ1) is 12.3. The van der Waals surface area contributed by atoms with Crippen LogP contribution in [-0.4, -0.2) is 9.38 Å². The van der Waals surface area contributed by atoms with E-state index in [1.165, 1.54) is 0 Å². The fourth-order valence-corrected chi connectivity index (χ4v) is 2.26. The van der Waals surface area contributed by atoms with Gasteiger partial charge in [-0.1, -0.05) is 19.4 Å². The summed E-state index contributed by atoms with van der Waals surface area (Å²) in [6.07, 6.45) is 4.81. The van der Waals surface area contributed by atoms with Crippen LogP contribution in [0.3, 0.4) is 0 Å². The Labute approximate surface area is 109 Å². The van der Waals surface area contributed by atoms with Crippen molar-refractivity contribution in [3.63, 3.8) is 0 Å². The fraction of sp³-hybridized carbons (Fsp3) is 0.385. The molecule has 0 fully saturated rings. The van der Waals surface area contributed by atoms with Gasteiger partial charge >= 0.3 is 0 Å². The SMILES string of the molecule is CCCCc1nc2ccc(C)cn2c(=O)c1Br. The summed E-state index contributed by atoms with van der Waals surface area (Å²) in [7, 11) is 0. The molecule has 0 aromatic carbocycles. The quantitative estimate of drug-likeness (QED) is 0.872. The Morgan fingerprint density at radius 2 is 2.18 bits per heavy atom. The number of aryl methyl sites for hydroxylation is 2. The van der Waals surface area contributed by atoms with Crippen molar-refractivity contribution < 1.29 is 0 Å². The van der Waals surface area contributed by atoms with E-state index in [-0.39, 0.29) is 5.56 Å². The average molecular weight is 295 g/mol. The first-order valence-corrected chi connectivity index (χ1v) is 6.60. The van der Waals surface area contributed by atoms with Crippen LogP contribution < -0.4 is 5.56 Å². The minimum Gasteiger partial charge on any atom is -0.268 e. The largest absolute Gasteiger partial charge is 0.272 e. The maximum Gasteiger partial charge on any atom is 0.272 e. The zero-order valence-electron chi connectivity index (χ0n) is 10.0. The van der Waals surface area contributed by atoms with Crippen LogP contribution >= 0.6 is 15.9 Å². The van der Waals surface area contributed by atoms with E-state index < -0.39 is 0 Å². The number of unbranched alkanes of at least 4 members (excludes halogenated alkanes) is 1. The highest BCUT2D eigenvalue weighted by Gasteiger charge is 2.09. The van der Waals surface area contributed by atoms with Crippen LogP contribution in [-0.2, 0) is 6.42 Å². The van der Waals surface area contributed by atoms with Gasteiger partial charge < -0.3 is 0 Å². The molecule has 2 aromatic rings.